The second-order valence-electron chi connectivity index (χ2n) is 5.90. The van der Waals surface area contributed by atoms with E-state index in [9.17, 15) is 5.26 Å². The smallest absolute Gasteiger partial charge is 0.107 e. The lowest BCUT2D eigenvalue weighted by molar-refractivity contribution is 0.966. The van der Waals surface area contributed by atoms with Crippen molar-refractivity contribution in [2.45, 2.75) is 45.3 Å². The number of nitrogens with zero attached hydrogens (tertiary/aromatic N) is 4. The highest BCUT2D eigenvalue weighted by atomic mass is 28.3. The van der Waals surface area contributed by atoms with E-state index in [2.05, 4.69) is 41.9 Å². The van der Waals surface area contributed by atoms with Crippen LogP contribution in [-0.4, -0.2) is 19.6 Å². The Morgan fingerprint density at radius 3 is 2.52 bits per heavy atom. The van der Waals surface area contributed by atoms with Gasteiger partial charge in [0.1, 0.15) is 8.07 Å². The first kappa shape index (κ1) is 17.1. The Labute approximate surface area is 138 Å². The highest BCUT2D eigenvalue weighted by molar-refractivity contribution is 6.91. The van der Waals surface area contributed by atoms with Crippen molar-refractivity contribution in [3.05, 3.63) is 39.8 Å². The van der Waals surface area contributed by atoms with E-state index in [4.69, 9.17) is 5.53 Å². The average molecular weight is 325 g/mol. The van der Waals surface area contributed by atoms with E-state index < -0.39 is 8.07 Å². The van der Waals surface area contributed by atoms with Gasteiger partial charge in [0.25, 0.3) is 0 Å². The van der Waals surface area contributed by atoms with Crippen molar-refractivity contribution >= 4 is 24.3 Å². The third kappa shape index (κ3) is 3.12. The van der Waals surface area contributed by atoms with Crippen molar-refractivity contribution in [3.8, 4) is 6.07 Å². The second-order valence-corrected chi connectivity index (χ2v) is 11.1. The van der Waals surface area contributed by atoms with E-state index in [0.717, 1.165) is 17.3 Å². The molecular formula is C17H23N5Si. The van der Waals surface area contributed by atoms with Crippen molar-refractivity contribution in [2.24, 2.45) is 5.11 Å². The number of nitrogens with one attached hydrogen (secondary N) is 1. The number of nitriles is 1. The number of fused-ring (bicyclic) bond motifs is 1. The van der Waals surface area contributed by atoms with E-state index in [0.29, 0.717) is 12.1 Å². The summed E-state index contributed by atoms with van der Waals surface area (Å²) in [7, 11) is -1.58. The number of benzene rings is 1. The maximum absolute atomic E-state index is 9.19. The standard InChI is InChI=1S/C17H23N5Si/c1-4-23(5-2,6-3)17-14(9-10-20-22-19)15-11-13(12-18)7-8-16(15)21-17/h7-8,11,21H,4-6,9-10H2,1-3H3. The van der Waals surface area contributed by atoms with Crippen LogP contribution in [0.1, 0.15) is 31.9 Å². The molecule has 0 spiro atoms. The van der Waals surface area contributed by atoms with Gasteiger partial charge in [-0.15, -0.1) is 0 Å². The predicted octanol–water partition coefficient (Wildman–Crippen LogP) is 4.61. The molecule has 0 amide bonds. The number of hydrogen-bond acceptors (Lipinski definition) is 2. The molecule has 1 heterocycles. The first-order chi connectivity index (χ1) is 11.2. The Morgan fingerprint density at radius 2 is 1.96 bits per heavy atom. The Bertz CT molecular complexity index is 768. The van der Waals surface area contributed by atoms with Crippen LogP contribution in [0.25, 0.3) is 21.3 Å². The van der Waals surface area contributed by atoms with Gasteiger partial charge in [0.15, 0.2) is 0 Å². The molecule has 0 aliphatic rings. The SMILES string of the molecule is CC[Si](CC)(CC)c1[nH]c2ccc(C#N)cc2c1CCN=[N+]=[N-]. The number of aromatic amines is 1. The van der Waals surface area contributed by atoms with Crippen LogP contribution >= 0.6 is 0 Å². The van der Waals surface area contributed by atoms with E-state index in [1.165, 1.54) is 29.0 Å². The minimum absolute atomic E-state index is 0.453. The lowest BCUT2D eigenvalue weighted by atomic mass is 10.1. The lowest BCUT2D eigenvalue weighted by Gasteiger charge is -2.28. The highest BCUT2D eigenvalue weighted by Gasteiger charge is 2.33. The van der Waals surface area contributed by atoms with Gasteiger partial charge in [0.2, 0.25) is 0 Å². The summed E-state index contributed by atoms with van der Waals surface area (Å²) in [6, 6.07) is 11.6. The van der Waals surface area contributed by atoms with Gasteiger partial charge in [-0.05, 0) is 35.7 Å². The van der Waals surface area contributed by atoms with E-state index in [1.54, 1.807) is 0 Å². The molecule has 0 aliphatic carbocycles. The predicted molar refractivity (Wildman–Crippen MR) is 97.6 cm³/mol. The topological polar surface area (TPSA) is 88.3 Å². The summed E-state index contributed by atoms with van der Waals surface area (Å²) in [5, 5.41) is 15.4. The fourth-order valence-corrected chi connectivity index (χ4v) is 7.38. The summed E-state index contributed by atoms with van der Waals surface area (Å²) in [6.45, 7) is 7.29. The molecule has 0 bridgehead atoms. The third-order valence-corrected chi connectivity index (χ3v) is 10.7. The molecular weight excluding hydrogens is 302 g/mol. The van der Waals surface area contributed by atoms with Crippen LogP contribution in [0.15, 0.2) is 23.3 Å². The zero-order valence-electron chi connectivity index (χ0n) is 14.1. The summed E-state index contributed by atoms with van der Waals surface area (Å²) in [6.07, 6.45) is 0.725. The molecule has 0 unspecified atom stereocenters. The van der Waals surface area contributed by atoms with Crippen LogP contribution in [0.3, 0.4) is 0 Å². The largest absolute Gasteiger partial charge is 0.362 e. The third-order valence-electron chi connectivity index (χ3n) is 5.12. The summed E-state index contributed by atoms with van der Waals surface area (Å²) in [5.41, 5.74) is 11.6. The number of azide groups is 1. The summed E-state index contributed by atoms with van der Waals surface area (Å²) in [5.74, 6) is 0. The van der Waals surface area contributed by atoms with E-state index >= 15 is 0 Å². The van der Waals surface area contributed by atoms with Crippen molar-refractivity contribution in [1.29, 1.82) is 5.26 Å². The minimum Gasteiger partial charge on any atom is -0.362 e. The van der Waals surface area contributed by atoms with E-state index in [-0.39, 0.29) is 0 Å². The Morgan fingerprint density at radius 1 is 1.26 bits per heavy atom. The molecule has 6 heteroatoms. The maximum atomic E-state index is 9.19. The molecule has 5 nitrogen and oxygen atoms in total. The number of aromatic nitrogens is 1. The molecule has 0 fully saturated rings. The van der Waals surface area contributed by atoms with Crippen LogP contribution in [-0.2, 0) is 6.42 Å². The Hall–Kier alpha value is -2.22. The average Bonchev–Trinajstić information content (AvgIpc) is 2.96. The fraction of sp³-hybridized carbons (Fsp3) is 0.471. The molecule has 0 radical (unpaired) electrons. The van der Waals surface area contributed by atoms with Crippen LogP contribution < -0.4 is 5.32 Å². The van der Waals surface area contributed by atoms with Crippen molar-refractivity contribution in [2.75, 3.05) is 6.54 Å². The van der Waals surface area contributed by atoms with Crippen LogP contribution in [0.5, 0.6) is 0 Å². The monoisotopic (exact) mass is 325 g/mol. The zero-order valence-corrected chi connectivity index (χ0v) is 15.1. The second kappa shape index (κ2) is 7.36. The normalized spacial score (nSPS) is 11.2. The summed E-state index contributed by atoms with van der Waals surface area (Å²) < 4.78 is 0. The van der Waals surface area contributed by atoms with Gasteiger partial charge in [0, 0.05) is 27.7 Å². The maximum Gasteiger partial charge on any atom is 0.107 e. The minimum atomic E-state index is -1.58. The molecule has 2 rings (SSSR count). The number of rotatable bonds is 7. The molecule has 1 aromatic carbocycles. The molecule has 23 heavy (non-hydrogen) atoms. The molecule has 0 atom stereocenters. The molecule has 0 saturated carbocycles. The first-order valence-electron chi connectivity index (χ1n) is 8.21. The van der Waals surface area contributed by atoms with Gasteiger partial charge in [-0.3, -0.25) is 0 Å². The first-order valence-corrected chi connectivity index (χ1v) is 10.8. The fourth-order valence-electron chi connectivity index (χ4n) is 3.52. The Kier molecular flexibility index (Phi) is 5.48. The van der Waals surface area contributed by atoms with Gasteiger partial charge >= 0.3 is 0 Å². The van der Waals surface area contributed by atoms with Gasteiger partial charge in [-0.25, -0.2) is 0 Å². The number of hydrogen-bond donors (Lipinski definition) is 1. The van der Waals surface area contributed by atoms with Crippen LogP contribution in [0.2, 0.25) is 18.1 Å². The van der Waals surface area contributed by atoms with Crippen molar-refractivity contribution in [3.63, 3.8) is 0 Å². The van der Waals surface area contributed by atoms with Crippen LogP contribution in [0.4, 0.5) is 0 Å². The zero-order chi connectivity index (χ0) is 16.9. The summed E-state index contributed by atoms with van der Waals surface area (Å²) >= 11 is 0. The van der Waals surface area contributed by atoms with Gasteiger partial charge in [-0.1, -0.05) is 44.0 Å². The molecule has 1 N–H and O–H groups in total. The number of H-pyrrole nitrogens is 1. The quantitative estimate of drug-likeness (QED) is 0.342. The molecule has 2 aromatic rings. The summed E-state index contributed by atoms with van der Waals surface area (Å²) in [4.78, 5) is 6.53. The highest BCUT2D eigenvalue weighted by Crippen LogP contribution is 2.27. The van der Waals surface area contributed by atoms with E-state index in [1.807, 2.05) is 18.2 Å². The molecule has 120 valence electrons. The van der Waals surface area contributed by atoms with Crippen molar-refractivity contribution < 1.29 is 0 Å². The molecule has 1 aromatic heterocycles. The van der Waals surface area contributed by atoms with Gasteiger partial charge < -0.3 is 4.98 Å². The van der Waals surface area contributed by atoms with Gasteiger partial charge in [0.05, 0.1) is 11.6 Å². The Balaban J connectivity index is 2.69. The lowest BCUT2D eigenvalue weighted by Crippen LogP contribution is -2.48. The van der Waals surface area contributed by atoms with Crippen LogP contribution in [0, 0.1) is 11.3 Å². The molecule has 0 saturated heterocycles. The molecule has 0 aliphatic heterocycles. The van der Waals surface area contributed by atoms with Crippen molar-refractivity contribution in [1.82, 2.24) is 4.98 Å². The van der Waals surface area contributed by atoms with Gasteiger partial charge in [-0.2, -0.15) is 5.26 Å².